The van der Waals surface area contributed by atoms with Crippen molar-refractivity contribution in [2.75, 3.05) is 11.1 Å². The lowest BCUT2D eigenvalue weighted by Gasteiger charge is -2.03. The molecule has 0 bridgehead atoms. The summed E-state index contributed by atoms with van der Waals surface area (Å²) in [7, 11) is 0. The Bertz CT molecular complexity index is 757. The number of halogens is 2. The summed E-state index contributed by atoms with van der Waals surface area (Å²) in [5.41, 5.74) is 8.25. The molecule has 0 aliphatic carbocycles. The van der Waals surface area contributed by atoms with E-state index in [0.29, 0.717) is 33.0 Å². The highest BCUT2D eigenvalue weighted by Crippen LogP contribution is 2.28. The van der Waals surface area contributed by atoms with Crippen molar-refractivity contribution in [1.82, 2.24) is 4.98 Å². The first-order valence-electron chi connectivity index (χ1n) is 5.50. The fraction of sp³-hybridized carbons (Fsp3) is 0. The van der Waals surface area contributed by atoms with Crippen LogP contribution in [-0.2, 0) is 0 Å². The van der Waals surface area contributed by atoms with E-state index in [4.69, 9.17) is 10.2 Å². The maximum atomic E-state index is 13.0. The second-order valence-electron chi connectivity index (χ2n) is 4.00. The maximum Gasteiger partial charge on any atom is 0.300 e. The first-order valence-corrected chi connectivity index (χ1v) is 6.29. The molecule has 0 saturated carbocycles. The molecule has 0 fully saturated rings. The molecule has 3 aromatic rings. The van der Waals surface area contributed by atoms with E-state index >= 15 is 0 Å². The highest BCUT2D eigenvalue weighted by molar-refractivity contribution is 9.10. The Kier molecular flexibility index (Phi) is 2.87. The van der Waals surface area contributed by atoms with Crippen LogP contribution in [0.4, 0.5) is 21.8 Å². The fourth-order valence-corrected chi connectivity index (χ4v) is 2.15. The van der Waals surface area contributed by atoms with Crippen LogP contribution in [0.25, 0.3) is 11.1 Å². The predicted molar refractivity (Wildman–Crippen MR) is 75.8 cm³/mol. The summed E-state index contributed by atoms with van der Waals surface area (Å²) < 4.78 is 19.1. The third-order valence-electron chi connectivity index (χ3n) is 2.59. The number of nitrogens with one attached hydrogen (secondary N) is 1. The zero-order chi connectivity index (χ0) is 13.4. The van der Waals surface area contributed by atoms with E-state index < -0.39 is 0 Å². The summed E-state index contributed by atoms with van der Waals surface area (Å²) in [6, 6.07) is 9.88. The van der Waals surface area contributed by atoms with E-state index in [9.17, 15) is 4.39 Å². The van der Waals surface area contributed by atoms with Crippen molar-refractivity contribution in [3.63, 3.8) is 0 Å². The molecular formula is C13H9BrFN3O. The Labute approximate surface area is 116 Å². The molecule has 1 aromatic heterocycles. The number of anilines is 3. The topological polar surface area (TPSA) is 64.1 Å². The number of hydrogen-bond donors (Lipinski definition) is 2. The van der Waals surface area contributed by atoms with Gasteiger partial charge in [-0.05, 0) is 46.3 Å². The summed E-state index contributed by atoms with van der Waals surface area (Å²) in [6.07, 6.45) is 0. The lowest BCUT2D eigenvalue weighted by atomic mass is 10.3. The smallest absolute Gasteiger partial charge is 0.300 e. The van der Waals surface area contributed by atoms with Gasteiger partial charge in [-0.1, -0.05) is 0 Å². The number of nitrogens with zero attached hydrogens (tertiary/aromatic N) is 1. The molecule has 3 rings (SSSR count). The van der Waals surface area contributed by atoms with Crippen molar-refractivity contribution >= 4 is 44.4 Å². The van der Waals surface area contributed by atoms with Gasteiger partial charge in [-0.25, -0.2) is 4.39 Å². The van der Waals surface area contributed by atoms with Gasteiger partial charge >= 0.3 is 0 Å². The zero-order valence-corrected chi connectivity index (χ0v) is 11.2. The molecule has 0 spiro atoms. The molecule has 0 saturated heterocycles. The summed E-state index contributed by atoms with van der Waals surface area (Å²) in [6.45, 7) is 0. The highest BCUT2D eigenvalue weighted by Gasteiger charge is 2.08. The van der Waals surface area contributed by atoms with Gasteiger partial charge < -0.3 is 15.5 Å². The van der Waals surface area contributed by atoms with Gasteiger partial charge in [0.2, 0.25) is 0 Å². The maximum absolute atomic E-state index is 13.0. The number of hydrogen-bond acceptors (Lipinski definition) is 4. The largest absolute Gasteiger partial charge is 0.423 e. The number of aromatic nitrogens is 1. The number of oxazole rings is 1. The molecule has 4 nitrogen and oxygen atoms in total. The summed E-state index contributed by atoms with van der Waals surface area (Å²) in [4.78, 5) is 4.26. The third-order valence-corrected chi connectivity index (χ3v) is 3.24. The van der Waals surface area contributed by atoms with E-state index in [0.717, 1.165) is 0 Å². The Morgan fingerprint density at radius 1 is 1.21 bits per heavy atom. The molecule has 0 radical (unpaired) electrons. The van der Waals surface area contributed by atoms with Gasteiger partial charge in [-0.3, -0.25) is 0 Å². The van der Waals surface area contributed by atoms with Gasteiger partial charge in [0.25, 0.3) is 6.01 Å². The SMILES string of the molecule is Nc1ccc2nc(Nc3ccc(F)cc3Br)oc2c1. The molecule has 19 heavy (non-hydrogen) atoms. The lowest BCUT2D eigenvalue weighted by molar-refractivity contribution is 0.620. The van der Waals surface area contributed by atoms with Crippen LogP contribution in [-0.4, -0.2) is 4.98 Å². The first kappa shape index (κ1) is 12.0. The minimum absolute atomic E-state index is 0.317. The predicted octanol–water partition coefficient (Wildman–Crippen LogP) is 4.06. The van der Waals surface area contributed by atoms with Crippen molar-refractivity contribution < 1.29 is 8.81 Å². The van der Waals surface area contributed by atoms with Crippen molar-refractivity contribution in [3.05, 3.63) is 46.7 Å². The standard InChI is InChI=1S/C13H9BrFN3O/c14-9-5-7(15)1-3-10(9)17-13-18-11-4-2-8(16)6-12(11)19-13/h1-6H,16H2,(H,17,18). The molecular weight excluding hydrogens is 313 g/mol. The Balaban J connectivity index is 1.96. The van der Waals surface area contributed by atoms with Crippen LogP contribution in [0.1, 0.15) is 0 Å². The number of rotatable bonds is 2. The Morgan fingerprint density at radius 2 is 2.05 bits per heavy atom. The average Bonchev–Trinajstić information content (AvgIpc) is 2.74. The lowest BCUT2D eigenvalue weighted by Crippen LogP contribution is -1.91. The average molecular weight is 322 g/mol. The van der Waals surface area contributed by atoms with Crippen LogP contribution >= 0.6 is 15.9 Å². The van der Waals surface area contributed by atoms with Crippen molar-refractivity contribution in [2.45, 2.75) is 0 Å². The van der Waals surface area contributed by atoms with Crippen LogP contribution in [0.15, 0.2) is 45.3 Å². The Hall–Kier alpha value is -2.08. The number of nitrogen functional groups attached to an aromatic ring is 1. The molecule has 1 heterocycles. The van der Waals surface area contributed by atoms with E-state index in [2.05, 4.69) is 26.2 Å². The second-order valence-corrected chi connectivity index (χ2v) is 4.85. The zero-order valence-electron chi connectivity index (χ0n) is 9.65. The van der Waals surface area contributed by atoms with E-state index in [1.54, 1.807) is 24.3 Å². The van der Waals surface area contributed by atoms with Gasteiger partial charge in [0, 0.05) is 16.2 Å². The van der Waals surface area contributed by atoms with E-state index in [-0.39, 0.29) is 5.82 Å². The van der Waals surface area contributed by atoms with Gasteiger partial charge in [0.05, 0.1) is 5.69 Å². The minimum atomic E-state index is -0.317. The van der Waals surface area contributed by atoms with Crippen molar-refractivity contribution in [3.8, 4) is 0 Å². The van der Waals surface area contributed by atoms with Crippen molar-refractivity contribution in [2.24, 2.45) is 0 Å². The summed E-state index contributed by atoms with van der Waals surface area (Å²) in [5, 5.41) is 2.98. The molecule has 0 aliphatic rings. The number of benzene rings is 2. The van der Waals surface area contributed by atoms with Crippen molar-refractivity contribution in [1.29, 1.82) is 0 Å². The minimum Gasteiger partial charge on any atom is -0.423 e. The fourth-order valence-electron chi connectivity index (χ4n) is 1.70. The molecule has 2 aromatic carbocycles. The highest BCUT2D eigenvalue weighted by atomic mass is 79.9. The van der Waals surface area contributed by atoms with Gasteiger partial charge in [-0.2, -0.15) is 4.98 Å². The molecule has 0 aliphatic heterocycles. The molecule has 0 unspecified atom stereocenters. The van der Waals surface area contributed by atoms with Gasteiger partial charge in [0.1, 0.15) is 11.3 Å². The van der Waals surface area contributed by atoms with Crippen LogP contribution < -0.4 is 11.1 Å². The molecule has 96 valence electrons. The molecule has 0 atom stereocenters. The van der Waals surface area contributed by atoms with E-state index in [1.807, 2.05) is 0 Å². The van der Waals surface area contributed by atoms with E-state index in [1.165, 1.54) is 12.1 Å². The number of nitrogens with two attached hydrogens (primary N) is 1. The van der Waals surface area contributed by atoms with Crippen LogP contribution in [0.3, 0.4) is 0 Å². The molecule has 0 amide bonds. The summed E-state index contributed by atoms with van der Waals surface area (Å²) in [5.74, 6) is -0.317. The molecule has 3 N–H and O–H groups in total. The second kappa shape index (κ2) is 4.55. The third kappa shape index (κ3) is 2.39. The number of fused-ring (bicyclic) bond motifs is 1. The summed E-state index contributed by atoms with van der Waals surface area (Å²) >= 11 is 3.27. The quantitative estimate of drug-likeness (QED) is 0.699. The van der Waals surface area contributed by atoms with Crippen LogP contribution in [0, 0.1) is 5.82 Å². The normalized spacial score (nSPS) is 10.8. The van der Waals surface area contributed by atoms with Gasteiger partial charge in [-0.15, -0.1) is 0 Å². The molecule has 6 heteroatoms. The monoisotopic (exact) mass is 321 g/mol. The Morgan fingerprint density at radius 3 is 2.84 bits per heavy atom. The van der Waals surface area contributed by atoms with Gasteiger partial charge in [0.15, 0.2) is 5.58 Å². The van der Waals surface area contributed by atoms with Crippen LogP contribution in [0.5, 0.6) is 0 Å². The first-order chi connectivity index (χ1) is 9.11. The van der Waals surface area contributed by atoms with Crippen LogP contribution in [0.2, 0.25) is 0 Å².